The van der Waals surface area contributed by atoms with Crippen LogP contribution in [0.25, 0.3) is 11.4 Å². The van der Waals surface area contributed by atoms with Crippen molar-refractivity contribution in [2.45, 2.75) is 18.0 Å². The van der Waals surface area contributed by atoms with Crippen LogP contribution in [-0.2, 0) is 11.8 Å². The van der Waals surface area contributed by atoms with E-state index < -0.39 is 0 Å². The van der Waals surface area contributed by atoms with E-state index in [2.05, 4.69) is 20.4 Å². The third kappa shape index (κ3) is 5.65. The number of benzene rings is 1. The van der Waals surface area contributed by atoms with Crippen molar-refractivity contribution in [2.75, 3.05) is 32.9 Å². The van der Waals surface area contributed by atoms with Gasteiger partial charge in [0.1, 0.15) is 0 Å². The molecule has 0 saturated heterocycles. The molecule has 0 aliphatic heterocycles. The van der Waals surface area contributed by atoms with Crippen LogP contribution in [0.1, 0.15) is 12.8 Å². The van der Waals surface area contributed by atoms with Gasteiger partial charge in [-0.05, 0) is 27.1 Å². The highest BCUT2D eigenvalue weighted by Crippen LogP contribution is 2.22. The van der Waals surface area contributed by atoms with Crippen LogP contribution in [0.5, 0.6) is 0 Å². The summed E-state index contributed by atoms with van der Waals surface area (Å²) in [5.74, 6) is 1.62. The Morgan fingerprint density at radius 3 is 2.71 bits per heavy atom. The molecule has 0 spiro atoms. The number of hydrogen-bond donors (Lipinski definition) is 1. The van der Waals surface area contributed by atoms with Gasteiger partial charge in [0, 0.05) is 31.3 Å². The molecule has 1 aromatic heterocycles. The number of carbonyl (C=O) groups is 1. The van der Waals surface area contributed by atoms with Gasteiger partial charge in [-0.15, -0.1) is 10.2 Å². The molecular weight excluding hydrogens is 322 g/mol. The topological polar surface area (TPSA) is 63.1 Å². The minimum Gasteiger partial charge on any atom is -0.356 e. The molecule has 0 radical (unpaired) electrons. The fourth-order valence-corrected chi connectivity index (χ4v) is 3.07. The van der Waals surface area contributed by atoms with Gasteiger partial charge in [0.2, 0.25) is 5.91 Å². The van der Waals surface area contributed by atoms with Gasteiger partial charge < -0.3 is 14.8 Å². The van der Waals surface area contributed by atoms with E-state index in [0.717, 1.165) is 36.1 Å². The Hall–Kier alpha value is -1.86. The summed E-state index contributed by atoms with van der Waals surface area (Å²) >= 11 is 1.56. The van der Waals surface area contributed by atoms with Crippen LogP contribution < -0.4 is 5.32 Å². The molecule has 1 heterocycles. The first-order valence-electron chi connectivity index (χ1n) is 8.07. The number of amides is 1. The monoisotopic (exact) mass is 347 g/mol. The van der Waals surface area contributed by atoms with Crippen LogP contribution in [0.15, 0.2) is 35.5 Å². The van der Waals surface area contributed by atoms with Crippen LogP contribution >= 0.6 is 11.8 Å². The molecule has 0 fully saturated rings. The van der Waals surface area contributed by atoms with Gasteiger partial charge in [0.25, 0.3) is 0 Å². The van der Waals surface area contributed by atoms with Crippen molar-refractivity contribution in [3.63, 3.8) is 0 Å². The predicted molar refractivity (Wildman–Crippen MR) is 98.0 cm³/mol. The molecule has 1 amide bonds. The molecule has 24 heavy (non-hydrogen) atoms. The second-order valence-electron chi connectivity index (χ2n) is 5.84. The number of nitrogens with zero attached hydrogens (tertiary/aromatic N) is 4. The van der Waals surface area contributed by atoms with Crippen LogP contribution in [0, 0.1) is 0 Å². The number of carbonyl (C=O) groups excluding carboxylic acids is 1. The van der Waals surface area contributed by atoms with Gasteiger partial charge in [0.05, 0.1) is 0 Å². The van der Waals surface area contributed by atoms with Crippen LogP contribution in [0.4, 0.5) is 0 Å². The summed E-state index contributed by atoms with van der Waals surface area (Å²) in [6.45, 7) is 1.71. The SMILES string of the molecule is CN(C)CCCNC(=O)CCSc1nnc(-c2ccccc2)n1C. The van der Waals surface area contributed by atoms with Crippen molar-refractivity contribution in [2.24, 2.45) is 7.05 Å². The molecule has 1 N–H and O–H groups in total. The molecule has 0 bridgehead atoms. The fourth-order valence-electron chi connectivity index (χ4n) is 2.23. The lowest BCUT2D eigenvalue weighted by molar-refractivity contribution is -0.120. The summed E-state index contributed by atoms with van der Waals surface area (Å²) in [4.78, 5) is 13.9. The summed E-state index contributed by atoms with van der Waals surface area (Å²) in [7, 11) is 6.01. The van der Waals surface area contributed by atoms with Crippen LogP contribution in [-0.4, -0.2) is 58.5 Å². The molecule has 0 aliphatic rings. The number of hydrogen-bond acceptors (Lipinski definition) is 5. The molecule has 7 heteroatoms. The maximum Gasteiger partial charge on any atom is 0.220 e. The lowest BCUT2D eigenvalue weighted by atomic mass is 10.2. The van der Waals surface area contributed by atoms with Crippen molar-refractivity contribution < 1.29 is 4.79 Å². The Morgan fingerprint density at radius 1 is 1.25 bits per heavy atom. The first-order valence-corrected chi connectivity index (χ1v) is 9.05. The third-order valence-electron chi connectivity index (χ3n) is 3.53. The Morgan fingerprint density at radius 2 is 2.00 bits per heavy atom. The number of rotatable bonds is 9. The largest absolute Gasteiger partial charge is 0.356 e. The molecule has 0 unspecified atom stereocenters. The molecule has 0 saturated carbocycles. The molecule has 2 aromatic rings. The number of aromatic nitrogens is 3. The molecule has 6 nitrogen and oxygen atoms in total. The van der Waals surface area contributed by atoms with Crippen LogP contribution in [0.2, 0.25) is 0 Å². The summed E-state index contributed by atoms with van der Waals surface area (Å²) in [6.07, 6.45) is 1.45. The minimum atomic E-state index is 0.0895. The van der Waals surface area contributed by atoms with Gasteiger partial charge in [-0.1, -0.05) is 42.1 Å². The number of thioether (sulfide) groups is 1. The van der Waals surface area contributed by atoms with Gasteiger partial charge in [-0.2, -0.15) is 0 Å². The lowest BCUT2D eigenvalue weighted by Crippen LogP contribution is -2.27. The second-order valence-corrected chi connectivity index (χ2v) is 6.90. The maximum absolute atomic E-state index is 11.8. The van der Waals surface area contributed by atoms with Crippen LogP contribution in [0.3, 0.4) is 0 Å². The predicted octanol–water partition coefficient (Wildman–Crippen LogP) is 2.03. The van der Waals surface area contributed by atoms with E-state index in [0.29, 0.717) is 12.2 Å². The van der Waals surface area contributed by atoms with Crippen molar-refractivity contribution in [3.8, 4) is 11.4 Å². The zero-order chi connectivity index (χ0) is 17.4. The molecule has 0 atom stereocenters. The maximum atomic E-state index is 11.8. The van der Waals surface area contributed by atoms with E-state index >= 15 is 0 Å². The third-order valence-corrected chi connectivity index (χ3v) is 4.55. The standard InChI is InChI=1S/C17H25N5OS/c1-21(2)12-7-11-18-15(23)10-13-24-17-20-19-16(22(17)3)14-8-5-4-6-9-14/h4-6,8-9H,7,10-13H2,1-3H3,(H,18,23). The molecule has 130 valence electrons. The van der Waals surface area contributed by atoms with E-state index in [1.165, 1.54) is 0 Å². The molecule has 2 rings (SSSR count). The quantitative estimate of drug-likeness (QED) is 0.555. The fraction of sp³-hybridized carbons (Fsp3) is 0.471. The normalized spacial score (nSPS) is 11.0. The summed E-state index contributed by atoms with van der Waals surface area (Å²) in [6, 6.07) is 9.97. The van der Waals surface area contributed by atoms with Gasteiger partial charge >= 0.3 is 0 Å². The Kier molecular flexibility index (Phi) is 7.27. The zero-order valence-corrected chi connectivity index (χ0v) is 15.3. The second kappa shape index (κ2) is 9.44. The van der Waals surface area contributed by atoms with E-state index in [-0.39, 0.29) is 5.91 Å². The van der Waals surface area contributed by atoms with Crippen molar-refractivity contribution in [1.29, 1.82) is 0 Å². The Balaban J connectivity index is 1.75. The Bertz CT molecular complexity index is 642. The summed E-state index contributed by atoms with van der Waals surface area (Å²) < 4.78 is 1.97. The van der Waals surface area contributed by atoms with Gasteiger partial charge in [-0.25, -0.2) is 0 Å². The molecule has 1 aromatic carbocycles. The van der Waals surface area contributed by atoms with E-state index in [9.17, 15) is 4.79 Å². The summed E-state index contributed by atoms with van der Waals surface area (Å²) in [5, 5.41) is 12.2. The van der Waals surface area contributed by atoms with Crippen molar-refractivity contribution in [3.05, 3.63) is 30.3 Å². The molecule has 0 aliphatic carbocycles. The lowest BCUT2D eigenvalue weighted by Gasteiger charge is -2.09. The zero-order valence-electron chi connectivity index (χ0n) is 14.5. The van der Waals surface area contributed by atoms with Crippen molar-refractivity contribution >= 4 is 17.7 Å². The van der Waals surface area contributed by atoms with Gasteiger partial charge in [-0.3, -0.25) is 4.79 Å². The molecular formula is C17H25N5OS. The number of nitrogens with one attached hydrogen (secondary N) is 1. The average molecular weight is 347 g/mol. The highest BCUT2D eigenvalue weighted by Gasteiger charge is 2.11. The average Bonchev–Trinajstić information content (AvgIpc) is 2.93. The minimum absolute atomic E-state index is 0.0895. The Labute approximate surface area is 147 Å². The highest BCUT2D eigenvalue weighted by atomic mass is 32.2. The summed E-state index contributed by atoms with van der Waals surface area (Å²) in [5.41, 5.74) is 1.04. The first kappa shape index (κ1) is 18.5. The highest BCUT2D eigenvalue weighted by molar-refractivity contribution is 7.99. The van der Waals surface area contributed by atoms with E-state index in [1.54, 1.807) is 11.8 Å². The van der Waals surface area contributed by atoms with Crippen molar-refractivity contribution in [1.82, 2.24) is 25.0 Å². The smallest absolute Gasteiger partial charge is 0.220 e. The van der Waals surface area contributed by atoms with Gasteiger partial charge in [0.15, 0.2) is 11.0 Å². The van der Waals surface area contributed by atoms with E-state index in [4.69, 9.17) is 0 Å². The van der Waals surface area contributed by atoms with E-state index in [1.807, 2.05) is 56.0 Å². The first-order chi connectivity index (χ1) is 11.6.